The quantitative estimate of drug-likeness (QED) is 0.782. The van der Waals surface area contributed by atoms with Crippen LogP contribution in [0.5, 0.6) is 0 Å². The Morgan fingerprint density at radius 3 is 2.89 bits per heavy atom. The molecule has 1 aliphatic rings. The molecule has 1 aromatic carbocycles. The number of aromatic nitrogens is 2. The highest BCUT2D eigenvalue weighted by atomic mass is 35.5. The van der Waals surface area contributed by atoms with E-state index >= 15 is 0 Å². The van der Waals surface area contributed by atoms with Gasteiger partial charge in [-0.3, -0.25) is 4.79 Å². The van der Waals surface area contributed by atoms with Gasteiger partial charge in [-0.1, -0.05) is 18.0 Å². The van der Waals surface area contributed by atoms with Crippen LogP contribution in [-0.4, -0.2) is 28.6 Å². The molecular formula is C19H26ClFN4O2. The summed E-state index contributed by atoms with van der Waals surface area (Å²) < 4.78 is 18.6. The number of hydrogen-bond donors (Lipinski definition) is 2. The van der Waals surface area contributed by atoms with Crippen molar-refractivity contribution in [3.8, 4) is 11.4 Å². The van der Waals surface area contributed by atoms with Crippen molar-refractivity contribution < 1.29 is 13.7 Å². The minimum Gasteiger partial charge on any atom is -0.353 e. The standard InChI is InChI=1S/C19H25FN4O2.ClH/c1-12-10-13(6-7-15(12)20)19-23-18(26-24-19)9-8-17(25)22-16-5-3-2-4-14(16)11-21;/h6-7,10,14,16H,2-5,8-9,11,21H2,1H3,(H,22,25);1H. The summed E-state index contributed by atoms with van der Waals surface area (Å²) >= 11 is 0. The summed E-state index contributed by atoms with van der Waals surface area (Å²) in [6.45, 7) is 2.29. The molecule has 0 saturated heterocycles. The fourth-order valence-electron chi connectivity index (χ4n) is 3.44. The van der Waals surface area contributed by atoms with E-state index in [0.717, 1.165) is 19.3 Å². The smallest absolute Gasteiger partial charge is 0.227 e. The number of benzene rings is 1. The zero-order chi connectivity index (χ0) is 18.5. The molecule has 6 nitrogen and oxygen atoms in total. The van der Waals surface area contributed by atoms with Crippen molar-refractivity contribution in [3.05, 3.63) is 35.5 Å². The summed E-state index contributed by atoms with van der Waals surface area (Å²) in [6, 6.07) is 4.83. The summed E-state index contributed by atoms with van der Waals surface area (Å²) in [5, 5.41) is 7.01. The van der Waals surface area contributed by atoms with E-state index in [-0.39, 0.29) is 36.6 Å². The first-order valence-corrected chi connectivity index (χ1v) is 9.15. The van der Waals surface area contributed by atoms with Gasteiger partial charge in [0.15, 0.2) is 0 Å². The van der Waals surface area contributed by atoms with Gasteiger partial charge >= 0.3 is 0 Å². The molecule has 2 atom stereocenters. The van der Waals surface area contributed by atoms with Gasteiger partial charge < -0.3 is 15.6 Å². The lowest BCUT2D eigenvalue weighted by molar-refractivity contribution is -0.122. The number of amides is 1. The highest BCUT2D eigenvalue weighted by Crippen LogP contribution is 2.24. The molecular weight excluding hydrogens is 371 g/mol. The van der Waals surface area contributed by atoms with E-state index in [1.54, 1.807) is 19.1 Å². The van der Waals surface area contributed by atoms with E-state index in [2.05, 4.69) is 15.5 Å². The molecule has 3 rings (SSSR count). The van der Waals surface area contributed by atoms with Crippen molar-refractivity contribution in [3.63, 3.8) is 0 Å². The second-order valence-electron chi connectivity index (χ2n) is 6.93. The summed E-state index contributed by atoms with van der Waals surface area (Å²) in [4.78, 5) is 16.5. The first-order valence-electron chi connectivity index (χ1n) is 9.15. The van der Waals surface area contributed by atoms with Crippen LogP contribution in [0.2, 0.25) is 0 Å². The number of nitrogens with two attached hydrogens (primary N) is 1. The molecule has 1 aliphatic carbocycles. The molecule has 0 bridgehead atoms. The molecule has 1 aromatic heterocycles. The molecule has 8 heteroatoms. The lowest BCUT2D eigenvalue weighted by atomic mass is 9.84. The van der Waals surface area contributed by atoms with Gasteiger partial charge in [-0.2, -0.15) is 4.98 Å². The van der Waals surface area contributed by atoms with E-state index in [9.17, 15) is 9.18 Å². The molecule has 0 spiro atoms. The van der Waals surface area contributed by atoms with Gasteiger partial charge in [-0.05, 0) is 56.0 Å². The van der Waals surface area contributed by atoms with Crippen molar-refractivity contribution >= 4 is 18.3 Å². The lowest BCUT2D eigenvalue weighted by Crippen LogP contribution is -2.44. The topological polar surface area (TPSA) is 94.0 Å². The Kier molecular flexibility index (Phi) is 7.74. The number of nitrogens with one attached hydrogen (secondary N) is 1. The maximum atomic E-state index is 13.4. The van der Waals surface area contributed by atoms with Gasteiger partial charge in [0.25, 0.3) is 0 Å². The largest absolute Gasteiger partial charge is 0.353 e. The number of rotatable bonds is 6. The van der Waals surface area contributed by atoms with Crippen LogP contribution < -0.4 is 11.1 Å². The average molecular weight is 397 g/mol. The molecule has 27 heavy (non-hydrogen) atoms. The van der Waals surface area contributed by atoms with Crippen LogP contribution in [0.25, 0.3) is 11.4 Å². The lowest BCUT2D eigenvalue weighted by Gasteiger charge is -2.31. The van der Waals surface area contributed by atoms with Crippen LogP contribution >= 0.6 is 12.4 Å². The number of carbonyl (C=O) groups is 1. The van der Waals surface area contributed by atoms with Crippen LogP contribution in [-0.2, 0) is 11.2 Å². The van der Waals surface area contributed by atoms with Crippen LogP contribution in [0.1, 0.15) is 43.6 Å². The van der Waals surface area contributed by atoms with Crippen molar-refractivity contribution in [2.75, 3.05) is 6.54 Å². The van der Waals surface area contributed by atoms with E-state index in [1.165, 1.54) is 12.5 Å². The van der Waals surface area contributed by atoms with Crippen molar-refractivity contribution in [1.82, 2.24) is 15.5 Å². The monoisotopic (exact) mass is 396 g/mol. The van der Waals surface area contributed by atoms with Crippen LogP contribution in [0.3, 0.4) is 0 Å². The highest BCUT2D eigenvalue weighted by Gasteiger charge is 2.25. The zero-order valence-electron chi connectivity index (χ0n) is 15.4. The first kappa shape index (κ1) is 21.3. The number of hydrogen-bond acceptors (Lipinski definition) is 5. The van der Waals surface area contributed by atoms with Gasteiger partial charge in [0, 0.05) is 24.4 Å². The van der Waals surface area contributed by atoms with Crippen LogP contribution in [0.15, 0.2) is 22.7 Å². The molecule has 3 N–H and O–H groups in total. The minimum absolute atomic E-state index is 0. The normalized spacial score (nSPS) is 19.4. The second kappa shape index (κ2) is 9.80. The Morgan fingerprint density at radius 1 is 1.37 bits per heavy atom. The Labute approximate surface area is 164 Å². The number of halogens is 2. The number of aryl methyl sites for hydroxylation is 2. The SMILES string of the molecule is Cc1cc(-c2noc(CCC(=O)NC3CCCCC3CN)n2)ccc1F.Cl. The fraction of sp³-hybridized carbons (Fsp3) is 0.526. The van der Waals surface area contributed by atoms with Crippen molar-refractivity contribution in [2.24, 2.45) is 11.7 Å². The summed E-state index contributed by atoms with van der Waals surface area (Å²) in [6.07, 6.45) is 5.04. The molecule has 0 aliphatic heterocycles. The third-order valence-electron chi connectivity index (χ3n) is 5.01. The van der Waals surface area contributed by atoms with E-state index in [0.29, 0.717) is 41.7 Å². The molecule has 1 saturated carbocycles. The second-order valence-corrected chi connectivity index (χ2v) is 6.93. The summed E-state index contributed by atoms with van der Waals surface area (Å²) in [7, 11) is 0. The van der Waals surface area contributed by atoms with E-state index in [1.807, 2.05) is 0 Å². The van der Waals surface area contributed by atoms with Gasteiger partial charge in [0.1, 0.15) is 5.82 Å². The number of carbonyl (C=O) groups excluding carboxylic acids is 1. The first-order chi connectivity index (χ1) is 12.6. The van der Waals surface area contributed by atoms with Gasteiger partial charge in [-0.15, -0.1) is 12.4 Å². The predicted octanol–water partition coefficient (Wildman–Crippen LogP) is 3.17. The van der Waals surface area contributed by atoms with Crippen LogP contribution in [0.4, 0.5) is 4.39 Å². The third kappa shape index (κ3) is 5.49. The average Bonchev–Trinajstić information content (AvgIpc) is 3.12. The molecule has 2 unspecified atom stereocenters. The summed E-state index contributed by atoms with van der Waals surface area (Å²) in [5.41, 5.74) is 7.02. The Bertz CT molecular complexity index is 768. The highest BCUT2D eigenvalue weighted by molar-refractivity contribution is 5.85. The molecule has 1 fully saturated rings. The molecule has 1 amide bonds. The van der Waals surface area contributed by atoms with Gasteiger partial charge in [0.05, 0.1) is 0 Å². The number of nitrogens with zero attached hydrogens (tertiary/aromatic N) is 2. The van der Waals surface area contributed by atoms with Crippen molar-refractivity contribution in [1.29, 1.82) is 0 Å². The fourth-order valence-corrected chi connectivity index (χ4v) is 3.44. The maximum absolute atomic E-state index is 13.4. The molecule has 2 aromatic rings. The van der Waals surface area contributed by atoms with Crippen molar-refractivity contribution in [2.45, 2.75) is 51.5 Å². The van der Waals surface area contributed by atoms with E-state index < -0.39 is 0 Å². The van der Waals surface area contributed by atoms with Gasteiger partial charge in [-0.25, -0.2) is 4.39 Å². The maximum Gasteiger partial charge on any atom is 0.227 e. The zero-order valence-corrected chi connectivity index (χ0v) is 16.2. The molecule has 1 heterocycles. The van der Waals surface area contributed by atoms with Gasteiger partial charge in [0.2, 0.25) is 17.6 Å². The third-order valence-corrected chi connectivity index (χ3v) is 5.01. The molecule has 148 valence electrons. The molecule has 0 radical (unpaired) electrons. The summed E-state index contributed by atoms with van der Waals surface area (Å²) in [5.74, 6) is 0.875. The van der Waals surface area contributed by atoms with Crippen LogP contribution in [0, 0.1) is 18.7 Å². The van der Waals surface area contributed by atoms with E-state index in [4.69, 9.17) is 10.3 Å². The minimum atomic E-state index is -0.271. The Hall–Kier alpha value is -1.99. The Morgan fingerprint density at radius 2 is 2.15 bits per heavy atom. The predicted molar refractivity (Wildman–Crippen MR) is 103 cm³/mol. The Balaban J connectivity index is 0.00000261.